The van der Waals surface area contributed by atoms with E-state index in [0.717, 1.165) is 26.9 Å². The Morgan fingerprint density at radius 1 is 0.971 bits per heavy atom. The average Bonchev–Trinajstić information content (AvgIpc) is 2.87. The fourth-order valence-electron chi connectivity index (χ4n) is 3.54. The number of nitrogens with zero attached hydrogens (tertiary/aromatic N) is 1. The predicted octanol–water partition coefficient (Wildman–Crippen LogP) is 6.75. The van der Waals surface area contributed by atoms with E-state index in [1.807, 2.05) is 92.7 Å². The Morgan fingerprint density at radius 3 is 2.26 bits per heavy atom. The predicted molar refractivity (Wildman–Crippen MR) is 149 cm³/mol. The van der Waals surface area contributed by atoms with Crippen LogP contribution in [0.1, 0.15) is 31.4 Å². The molecule has 1 N–H and O–H groups in total. The van der Waals surface area contributed by atoms with E-state index in [1.165, 1.54) is 11.8 Å². The fourth-order valence-corrected chi connectivity index (χ4v) is 4.72. The van der Waals surface area contributed by atoms with Gasteiger partial charge in [-0.2, -0.15) is 0 Å². The molecule has 3 aromatic carbocycles. The van der Waals surface area contributed by atoms with Gasteiger partial charge in [0.05, 0.1) is 5.75 Å². The molecule has 7 heteroatoms. The number of hydrogen-bond donors (Lipinski definition) is 1. The van der Waals surface area contributed by atoms with Gasteiger partial charge in [-0.1, -0.05) is 76.9 Å². The van der Waals surface area contributed by atoms with Crippen LogP contribution in [0.15, 0.2) is 88.2 Å². The topological polar surface area (TPSA) is 49.4 Å². The van der Waals surface area contributed by atoms with Gasteiger partial charge in [0.15, 0.2) is 0 Å². The molecule has 0 saturated heterocycles. The Balaban J connectivity index is 1.89. The molecule has 0 aromatic heterocycles. The highest BCUT2D eigenvalue weighted by atomic mass is 79.9. The summed E-state index contributed by atoms with van der Waals surface area (Å²) >= 11 is 10.9. The molecule has 0 aliphatic carbocycles. The highest BCUT2D eigenvalue weighted by molar-refractivity contribution is 9.10. The number of thioether (sulfide) groups is 1. The van der Waals surface area contributed by atoms with Gasteiger partial charge in [-0.3, -0.25) is 9.59 Å². The van der Waals surface area contributed by atoms with E-state index in [2.05, 4.69) is 21.2 Å². The number of amides is 2. The summed E-state index contributed by atoms with van der Waals surface area (Å²) in [7, 11) is 0. The van der Waals surface area contributed by atoms with Crippen molar-refractivity contribution >= 4 is 51.1 Å². The number of rotatable bonds is 11. The van der Waals surface area contributed by atoms with E-state index in [-0.39, 0.29) is 23.6 Å². The highest BCUT2D eigenvalue weighted by Gasteiger charge is 2.31. The molecule has 0 heterocycles. The van der Waals surface area contributed by atoms with Crippen molar-refractivity contribution < 1.29 is 9.59 Å². The minimum atomic E-state index is -0.631. The molecule has 0 saturated carbocycles. The quantitative estimate of drug-likeness (QED) is 0.258. The van der Waals surface area contributed by atoms with Crippen LogP contribution in [0, 0.1) is 0 Å². The van der Waals surface area contributed by atoms with Crippen molar-refractivity contribution in [2.24, 2.45) is 0 Å². The summed E-state index contributed by atoms with van der Waals surface area (Å²) in [5, 5.41) is 3.75. The number of nitrogens with one attached hydrogen (secondary N) is 1. The second-order valence-corrected chi connectivity index (χ2v) is 10.8. The van der Waals surface area contributed by atoms with Gasteiger partial charge in [0.25, 0.3) is 0 Å². The van der Waals surface area contributed by atoms with Crippen LogP contribution in [0.3, 0.4) is 0 Å². The van der Waals surface area contributed by atoms with Crippen molar-refractivity contribution in [1.29, 1.82) is 0 Å². The SMILES string of the molecule is CC[C@@H](C)NC(=O)[C@@H](Cc1ccccc1)N(Cc1ccc(Br)cc1)C(=O)CSc1ccc(Cl)cc1. The first-order valence-corrected chi connectivity index (χ1v) is 13.8. The minimum absolute atomic E-state index is 0.0221. The van der Waals surface area contributed by atoms with Gasteiger partial charge in [-0.05, 0) is 60.9 Å². The Hall–Kier alpha value is -2.28. The van der Waals surface area contributed by atoms with Gasteiger partial charge in [-0.25, -0.2) is 0 Å². The summed E-state index contributed by atoms with van der Waals surface area (Å²) in [4.78, 5) is 29.8. The molecule has 0 aliphatic heterocycles. The zero-order valence-electron chi connectivity index (χ0n) is 19.9. The van der Waals surface area contributed by atoms with Gasteiger partial charge < -0.3 is 10.2 Å². The third kappa shape index (κ3) is 8.71. The molecule has 0 fully saturated rings. The van der Waals surface area contributed by atoms with E-state index in [9.17, 15) is 9.59 Å². The third-order valence-corrected chi connectivity index (χ3v) is 7.49. The average molecular weight is 574 g/mol. The maximum atomic E-state index is 13.6. The number of hydrogen-bond acceptors (Lipinski definition) is 3. The van der Waals surface area contributed by atoms with E-state index >= 15 is 0 Å². The van der Waals surface area contributed by atoms with Crippen LogP contribution in [0.5, 0.6) is 0 Å². The second kappa shape index (κ2) is 13.7. The maximum absolute atomic E-state index is 13.6. The normalized spacial score (nSPS) is 12.6. The van der Waals surface area contributed by atoms with Gasteiger partial charge in [0.1, 0.15) is 6.04 Å². The molecule has 3 aromatic rings. The molecule has 2 amide bonds. The molecule has 0 aliphatic rings. The van der Waals surface area contributed by atoms with E-state index < -0.39 is 6.04 Å². The molecule has 3 rings (SSSR count). The standard InChI is InChI=1S/C28H30BrClN2O2S/c1-3-20(2)31-28(34)26(17-21-7-5-4-6-8-21)32(18-22-9-11-23(29)12-10-22)27(33)19-35-25-15-13-24(30)14-16-25/h4-16,20,26H,3,17-19H2,1-2H3,(H,31,34)/t20-,26-/m1/s1. The zero-order valence-corrected chi connectivity index (χ0v) is 23.1. The van der Waals surface area contributed by atoms with Crippen molar-refractivity contribution in [3.63, 3.8) is 0 Å². The molecule has 35 heavy (non-hydrogen) atoms. The van der Waals surface area contributed by atoms with Crippen molar-refractivity contribution in [3.8, 4) is 0 Å². The van der Waals surface area contributed by atoms with Gasteiger partial charge >= 0.3 is 0 Å². The van der Waals surface area contributed by atoms with E-state index in [0.29, 0.717) is 18.0 Å². The number of carbonyl (C=O) groups is 2. The van der Waals surface area contributed by atoms with Crippen LogP contribution in [0.25, 0.3) is 0 Å². The van der Waals surface area contributed by atoms with Crippen LogP contribution in [0.2, 0.25) is 5.02 Å². The summed E-state index contributed by atoms with van der Waals surface area (Å²) in [6, 6.07) is 24.5. The molecular formula is C28H30BrClN2O2S. The monoisotopic (exact) mass is 572 g/mol. The Bertz CT molecular complexity index is 1090. The second-order valence-electron chi connectivity index (χ2n) is 8.41. The van der Waals surface area contributed by atoms with Crippen LogP contribution >= 0.6 is 39.3 Å². The maximum Gasteiger partial charge on any atom is 0.243 e. The van der Waals surface area contributed by atoms with Crippen LogP contribution in [-0.4, -0.2) is 34.6 Å². The summed E-state index contributed by atoms with van der Waals surface area (Å²) in [5.74, 6) is -0.00155. The molecule has 4 nitrogen and oxygen atoms in total. The molecular weight excluding hydrogens is 544 g/mol. The summed E-state index contributed by atoms with van der Waals surface area (Å²) in [5.41, 5.74) is 1.98. The number of halogens is 2. The number of benzene rings is 3. The first-order valence-electron chi connectivity index (χ1n) is 11.6. The Kier molecular flexibility index (Phi) is 10.7. The summed E-state index contributed by atoms with van der Waals surface area (Å²) in [6.45, 7) is 4.36. The Morgan fingerprint density at radius 2 is 1.63 bits per heavy atom. The third-order valence-electron chi connectivity index (χ3n) is 5.71. The molecule has 0 bridgehead atoms. The lowest BCUT2D eigenvalue weighted by Crippen LogP contribution is -2.52. The fraction of sp³-hybridized carbons (Fsp3) is 0.286. The van der Waals surface area contributed by atoms with Crippen molar-refractivity contribution in [1.82, 2.24) is 10.2 Å². The molecule has 184 valence electrons. The smallest absolute Gasteiger partial charge is 0.243 e. The first kappa shape index (κ1) is 27.3. The summed E-state index contributed by atoms with van der Waals surface area (Å²) < 4.78 is 0.966. The summed E-state index contributed by atoms with van der Waals surface area (Å²) in [6.07, 6.45) is 1.26. The van der Waals surface area contributed by atoms with E-state index in [1.54, 1.807) is 4.90 Å². The lowest BCUT2D eigenvalue weighted by molar-refractivity contribution is -0.139. The van der Waals surface area contributed by atoms with E-state index in [4.69, 9.17) is 11.6 Å². The molecule has 0 radical (unpaired) electrons. The van der Waals surface area contributed by atoms with Crippen molar-refractivity contribution in [2.75, 3.05) is 5.75 Å². The van der Waals surface area contributed by atoms with Crippen LogP contribution in [0.4, 0.5) is 0 Å². The van der Waals surface area contributed by atoms with Gasteiger partial charge in [0.2, 0.25) is 11.8 Å². The van der Waals surface area contributed by atoms with Crippen LogP contribution < -0.4 is 5.32 Å². The molecule has 2 atom stereocenters. The van der Waals surface area contributed by atoms with Gasteiger partial charge in [-0.15, -0.1) is 11.8 Å². The Labute approximate surface area is 225 Å². The first-order chi connectivity index (χ1) is 16.9. The lowest BCUT2D eigenvalue weighted by Gasteiger charge is -2.32. The zero-order chi connectivity index (χ0) is 25.2. The van der Waals surface area contributed by atoms with Crippen LogP contribution in [-0.2, 0) is 22.6 Å². The molecule has 0 spiro atoms. The lowest BCUT2D eigenvalue weighted by atomic mass is 10.0. The van der Waals surface area contributed by atoms with Crippen molar-refractivity contribution in [2.45, 2.75) is 50.2 Å². The number of carbonyl (C=O) groups excluding carboxylic acids is 2. The minimum Gasteiger partial charge on any atom is -0.352 e. The van der Waals surface area contributed by atoms with Crippen molar-refractivity contribution in [3.05, 3.63) is 99.5 Å². The largest absolute Gasteiger partial charge is 0.352 e. The molecule has 0 unspecified atom stereocenters. The van der Waals surface area contributed by atoms with Gasteiger partial charge in [0, 0.05) is 33.4 Å². The highest BCUT2D eigenvalue weighted by Crippen LogP contribution is 2.23.